The second-order valence-electron chi connectivity index (χ2n) is 7.87. The van der Waals surface area contributed by atoms with Crippen LogP contribution in [0.15, 0.2) is 53.4 Å². The van der Waals surface area contributed by atoms with E-state index in [1.54, 1.807) is 36.1 Å². The normalized spacial score (nSPS) is 18.2. The van der Waals surface area contributed by atoms with Crippen LogP contribution in [0.5, 0.6) is 0 Å². The van der Waals surface area contributed by atoms with E-state index in [0.717, 1.165) is 10.6 Å². The zero-order valence-electron chi connectivity index (χ0n) is 18.2. The first-order valence-corrected chi connectivity index (χ1v) is 11.8. The molecule has 1 fully saturated rings. The van der Waals surface area contributed by atoms with Gasteiger partial charge in [-0.25, -0.2) is 4.79 Å². The number of nitrogens with one attached hydrogen (secondary N) is 2. The Bertz CT molecular complexity index is 1080. The number of fused-ring (bicyclic) bond motifs is 1. The number of benzene rings is 2. The summed E-state index contributed by atoms with van der Waals surface area (Å²) in [7, 11) is 0. The Kier molecular flexibility index (Phi) is 6.98. The second-order valence-corrected chi connectivity index (χ2v) is 9.02. The fourth-order valence-electron chi connectivity index (χ4n) is 3.92. The van der Waals surface area contributed by atoms with Crippen LogP contribution in [0.25, 0.3) is 0 Å². The number of amides is 3. The van der Waals surface area contributed by atoms with E-state index < -0.39 is 11.2 Å². The van der Waals surface area contributed by atoms with Crippen molar-refractivity contribution in [3.8, 4) is 0 Å². The molecule has 4 rings (SSSR count). The van der Waals surface area contributed by atoms with Gasteiger partial charge in [0, 0.05) is 29.6 Å². The summed E-state index contributed by atoms with van der Waals surface area (Å²) in [6, 6.07) is 14.0. The van der Waals surface area contributed by atoms with Crippen molar-refractivity contribution in [2.75, 3.05) is 30.3 Å². The van der Waals surface area contributed by atoms with Gasteiger partial charge in [0.1, 0.15) is 0 Å². The number of thioether (sulfide) groups is 1. The summed E-state index contributed by atoms with van der Waals surface area (Å²) in [6.45, 7) is 2.83. The minimum atomic E-state index is -0.823. The van der Waals surface area contributed by atoms with E-state index in [4.69, 9.17) is 4.74 Å². The number of carbonyl (C=O) groups is 4. The number of likely N-dealkylation sites (tertiary alicyclic amines) is 1. The zero-order valence-corrected chi connectivity index (χ0v) is 19.0. The van der Waals surface area contributed by atoms with Crippen molar-refractivity contribution in [2.45, 2.75) is 29.9 Å². The number of esters is 1. The molecule has 2 heterocycles. The molecular formula is C24H25N3O5S. The first-order chi connectivity index (χ1) is 16.0. The highest BCUT2D eigenvalue weighted by atomic mass is 32.2. The fourth-order valence-corrected chi connectivity index (χ4v) is 5.00. The lowest BCUT2D eigenvalue weighted by atomic mass is 9.95. The fraction of sp³-hybridized carbons (Fsp3) is 0.333. The summed E-state index contributed by atoms with van der Waals surface area (Å²) in [5, 5.41) is 4.83. The highest BCUT2D eigenvalue weighted by molar-refractivity contribution is 8.01. The smallest absolute Gasteiger partial charge is 0.338 e. The lowest BCUT2D eigenvalue weighted by Gasteiger charge is -2.34. The molecule has 0 bridgehead atoms. The van der Waals surface area contributed by atoms with Gasteiger partial charge in [0.2, 0.25) is 17.7 Å². The SMILES string of the molecule is CCOC(=O)c1cccc(NC(=O)C2CCN(C(=O)[C@@H]3Sc4ccccc4NC3=O)CC2)c1. The highest BCUT2D eigenvalue weighted by Crippen LogP contribution is 2.36. The molecule has 2 aliphatic rings. The quantitative estimate of drug-likeness (QED) is 0.517. The summed E-state index contributed by atoms with van der Waals surface area (Å²) in [6.07, 6.45) is 1.01. The zero-order chi connectivity index (χ0) is 23.4. The Morgan fingerprint density at radius 2 is 1.88 bits per heavy atom. The van der Waals surface area contributed by atoms with Gasteiger partial charge in [0.15, 0.2) is 5.25 Å². The molecule has 9 heteroatoms. The van der Waals surface area contributed by atoms with Crippen molar-refractivity contribution >= 4 is 46.8 Å². The molecule has 8 nitrogen and oxygen atoms in total. The Morgan fingerprint density at radius 1 is 1.12 bits per heavy atom. The van der Waals surface area contributed by atoms with Crippen LogP contribution in [-0.4, -0.2) is 53.5 Å². The lowest BCUT2D eigenvalue weighted by molar-refractivity contribution is -0.136. The van der Waals surface area contributed by atoms with E-state index in [2.05, 4.69) is 10.6 Å². The topological polar surface area (TPSA) is 105 Å². The molecule has 0 unspecified atom stereocenters. The molecule has 1 saturated heterocycles. The number of rotatable bonds is 5. The van der Waals surface area contributed by atoms with Gasteiger partial charge in [-0.15, -0.1) is 11.8 Å². The van der Waals surface area contributed by atoms with Gasteiger partial charge in [-0.2, -0.15) is 0 Å². The third-order valence-corrected chi connectivity index (χ3v) is 6.93. The maximum Gasteiger partial charge on any atom is 0.338 e. The van der Waals surface area contributed by atoms with Gasteiger partial charge in [-0.05, 0) is 50.1 Å². The molecule has 0 radical (unpaired) electrons. The average molecular weight is 468 g/mol. The first-order valence-electron chi connectivity index (χ1n) is 10.9. The monoisotopic (exact) mass is 467 g/mol. The van der Waals surface area contributed by atoms with Crippen LogP contribution in [-0.2, 0) is 19.1 Å². The summed E-state index contributed by atoms with van der Waals surface area (Å²) in [5.74, 6) is -1.39. The van der Waals surface area contributed by atoms with Gasteiger partial charge >= 0.3 is 5.97 Å². The van der Waals surface area contributed by atoms with Crippen molar-refractivity contribution in [3.63, 3.8) is 0 Å². The predicted molar refractivity (Wildman–Crippen MR) is 125 cm³/mol. The van der Waals surface area contributed by atoms with Crippen LogP contribution in [0.4, 0.5) is 11.4 Å². The molecule has 0 aromatic heterocycles. The van der Waals surface area contributed by atoms with Crippen molar-refractivity contribution in [1.29, 1.82) is 0 Å². The van der Waals surface area contributed by atoms with Gasteiger partial charge < -0.3 is 20.3 Å². The minimum absolute atomic E-state index is 0.151. The molecule has 0 aliphatic carbocycles. The molecule has 33 heavy (non-hydrogen) atoms. The predicted octanol–water partition coefficient (Wildman–Crippen LogP) is 3.15. The van der Waals surface area contributed by atoms with E-state index in [1.807, 2.05) is 24.3 Å². The Balaban J connectivity index is 1.32. The molecule has 3 amide bonds. The van der Waals surface area contributed by atoms with E-state index in [1.165, 1.54) is 11.8 Å². The number of nitrogens with zero attached hydrogens (tertiary/aromatic N) is 1. The molecule has 2 N–H and O–H groups in total. The van der Waals surface area contributed by atoms with Crippen molar-refractivity contribution in [3.05, 3.63) is 54.1 Å². The maximum absolute atomic E-state index is 13.0. The van der Waals surface area contributed by atoms with Crippen LogP contribution in [0.2, 0.25) is 0 Å². The summed E-state index contributed by atoms with van der Waals surface area (Å²) < 4.78 is 5.00. The van der Waals surface area contributed by atoms with Crippen molar-refractivity contribution < 1.29 is 23.9 Å². The van der Waals surface area contributed by atoms with E-state index in [0.29, 0.717) is 37.2 Å². The highest BCUT2D eigenvalue weighted by Gasteiger charge is 2.37. The van der Waals surface area contributed by atoms with Crippen molar-refractivity contribution in [2.24, 2.45) is 5.92 Å². The largest absolute Gasteiger partial charge is 0.462 e. The average Bonchev–Trinajstić information content (AvgIpc) is 2.83. The number of para-hydroxylation sites is 1. The Labute approximate surface area is 196 Å². The van der Waals surface area contributed by atoms with Crippen LogP contribution in [0, 0.1) is 5.92 Å². The molecule has 172 valence electrons. The van der Waals surface area contributed by atoms with Crippen LogP contribution >= 0.6 is 11.8 Å². The van der Waals surface area contributed by atoms with E-state index >= 15 is 0 Å². The molecule has 2 aromatic rings. The van der Waals surface area contributed by atoms with Gasteiger partial charge in [-0.1, -0.05) is 18.2 Å². The summed E-state index contributed by atoms with van der Waals surface area (Å²) in [4.78, 5) is 52.6. The maximum atomic E-state index is 13.0. The first kappa shape index (κ1) is 22.8. The lowest BCUT2D eigenvalue weighted by Crippen LogP contribution is -2.48. The molecule has 0 saturated carbocycles. The van der Waals surface area contributed by atoms with E-state index in [-0.39, 0.29) is 30.2 Å². The molecule has 0 spiro atoms. The van der Waals surface area contributed by atoms with Crippen LogP contribution in [0.1, 0.15) is 30.1 Å². The summed E-state index contributed by atoms with van der Waals surface area (Å²) in [5.41, 5.74) is 1.62. The molecule has 1 atom stereocenters. The third kappa shape index (κ3) is 5.19. The Morgan fingerprint density at radius 3 is 2.64 bits per heavy atom. The van der Waals surface area contributed by atoms with E-state index in [9.17, 15) is 19.2 Å². The molecule has 2 aromatic carbocycles. The standard InChI is InChI=1S/C24H25N3O5S/c1-2-32-24(31)16-6-5-7-17(14-16)25-21(28)15-10-12-27(13-11-15)23(30)20-22(29)26-18-8-3-4-9-19(18)33-20/h3-9,14-15,20H,2,10-13H2,1H3,(H,25,28)(H,26,29)/t20-/m1/s1. The number of piperidine rings is 1. The minimum Gasteiger partial charge on any atom is -0.462 e. The Hall–Kier alpha value is -3.33. The number of hydrogen-bond acceptors (Lipinski definition) is 6. The molecule has 2 aliphatic heterocycles. The summed E-state index contributed by atoms with van der Waals surface area (Å²) >= 11 is 1.26. The van der Waals surface area contributed by atoms with Crippen LogP contribution in [0.3, 0.4) is 0 Å². The second kappa shape index (κ2) is 10.1. The third-order valence-electron chi connectivity index (χ3n) is 5.67. The van der Waals surface area contributed by atoms with Crippen molar-refractivity contribution in [1.82, 2.24) is 4.90 Å². The van der Waals surface area contributed by atoms with Gasteiger partial charge in [-0.3, -0.25) is 14.4 Å². The molecular weight excluding hydrogens is 442 g/mol. The number of anilines is 2. The number of hydrogen-bond donors (Lipinski definition) is 2. The van der Waals surface area contributed by atoms with Gasteiger partial charge in [0.05, 0.1) is 17.9 Å². The number of ether oxygens (including phenoxy) is 1. The van der Waals surface area contributed by atoms with Gasteiger partial charge in [0.25, 0.3) is 0 Å². The van der Waals surface area contributed by atoms with Crippen LogP contribution < -0.4 is 10.6 Å². The number of carbonyl (C=O) groups excluding carboxylic acids is 4.